The molecule has 0 aromatic carbocycles. The summed E-state index contributed by atoms with van der Waals surface area (Å²) in [5, 5.41) is 9.29. The number of carboxylic acid groups (broad SMARTS) is 1. The summed E-state index contributed by atoms with van der Waals surface area (Å²) in [5.74, 6) is -0.814. The molecule has 2 saturated heterocycles. The maximum atomic E-state index is 11.1. The third-order valence-electron chi connectivity index (χ3n) is 2.90. The van der Waals surface area contributed by atoms with Crippen molar-refractivity contribution in [1.82, 2.24) is 4.90 Å². The monoisotopic (exact) mass is 185 g/mol. The van der Waals surface area contributed by atoms with Crippen LogP contribution in [0.5, 0.6) is 0 Å². The molecule has 0 aromatic rings. The van der Waals surface area contributed by atoms with Gasteiger partial charge in [-0.25, -0.2) is 4.79 Å². The largest absolute Gasteiger partial charge is 0.479 e. The maximum absolute atomic E-state index is 11.1. The number of carbonyl (C=O) groups excluding carboxylic acids is 1. The minimum absolute atomic E-state index is 0.00917. The maximum Gasteiger partial charge on any atom is 0.330 e. The minimum atomic E-state index is -0.824. The van der Waals surface area contributed by atoms with Crippen LogP contribution in [-0.2, 0) is 9.59 Å². The number of rotatable bonds is 1. The topological polar surface area (TPSA) is 57.6 Å². The van der Waals surface area contributed by atoms with Crippen molar-refractivity contribution in [1.29, 1.82) is 0 Å². The van der Waals surface area contributed by atoms with Crippen LogP contribution in [0.15, 0.2) is 0 Å². The van der Waals surface area contributed by atoms with Crippen molar-refractivity contribution >= 4 is 23.6 Å². The van der Waals surface area contributed by atoms with Gasteiger partial charge in [0, 0.05) is 5.25 Å². The highest BCUT2D eigenvalue weighted by Crippen LogP contribution is 2.63. The number of aliphatic carboxylic acids is 1. The van der Waals surface area contributed by atoms with Gasteiger partial charge >= 0.3 is 5.97 Å². The Morgan fingerprint density at radius 3 is 3.00 bits per heavy atom. The Kier molecular flexibility index (Phi) is 0.923. The van der Waals surface area contributed by atoms with Crippen LogP contribution in [0.3, 0.4) is 0 Å². The summed E-state index contributed by atoms with van der Waals surface area (Å²) in [4.78, 5) is 23.6. The van der Waals surface area contributed by atoms with Crippen molar-refractivity contribution < 1.29 is 14.7 Å². The van der Waals surface area contributed by atoms with Crippen LogP contribution in [0.2, 0.25) is 0 Å². The molecule has 3 fully saturated rings. The standard InChI is InChI=1S/C7H7NO3S/c9-4-1-5-8(4)7(6(10)11)2-3(7)12-5/h3,5H,1-2H2,(H,10,11)/t3?,5-,7-/m0/s1. The van der Waals surface area contributed by atoms with Gasteiger partial charge in [0.15, 0.2) is 5.54 Å². The van der Waals surface area contributed by atoms with Crippen LogP contribution in [0.1, 0.15) is 12.8 Å². The van der Waals surface area contributed by atoms with Gasteiger partial charge in [-0.3, -0.25) is 4.79 Å². The molecule has 0 bridgehead atoms. The summed E-state index contributed by atoms with van der Waals surface area (Å²) in [6.45, 7) is 0. The zero-order valence-electron chi connectivity index (χ0n) is 6.19. The van der Waals surface area contributed by atoms with E-state index in [9.17, 15) is 9.59 Å². The van der Waals surface area contributed by atoms with Crippen molar-refractivity contribution in [3.05, 3.63) is 0 Å². The van der Waals surface area contributed by atoms with E-state index in [0.717, 1.165) is 0 Å². The summed E-state index contributed by atoms with van der Waals surface area (Å²) in [5.41, 5.74) is -0.787. The second kappa shape index (κ2) is 1.64. The van der Waals surface area contributed by atoms with Crippen LogP contribution in [-0.4, -0.2) is 38.0 Å². The molecule has 0 spiro atoms. The van der Waals surface area contributed by atoms with Crippen LogP contribution < -0.4 is 0 Å². The average Bonchev–Trinajstić information content (AvgIpc) is 2.58. The third-order valence-corrected chi connectivity index (χ3v) is 4.47. The first-order chi connectivity index (χ1) is 5.66. The Labute approximate surface area is 72.9 Å². The quantitative estimate of drug-likeness (QED) is 0.579. The second-order valence-corrected chi connectivity index (χ2v) is 4.87. The number of hydrogen-bond acceptors (Lipinski definition) is 3. The molecular weight excluding hydrogens is 178 g/mol. The van der Waals surface area contributed by atoms with Crippen LogP contribution >= 0.6 is 11.8 Å². The van der Waals surface area contributed by atoms with E-state index in [4.69, 9.17) is 5.11 Å². The molecule has 1 saturated carbocycles. The molecule has 3 rings (SSSR count). The number of carbonyl (C=O) groups is 2. The van der Waals surface area contributed by atoms with Crippen LogP contribution in [0.4, 0.5) is 0 Å². The number of thioether (sulfide) groups is 1. The van der Waals surface area contributed by atoms with Gasteiger partial charge in [-0.15, -0.1) is 11.8 Å². The predicted octanol–water partition coefficient (Wildman–Crippen LogP) is -0.113. The zero-order chi connectivity index (χ0) is 8.51. The second-order valence-electron chi connectivity index (χ2n) is 3.48. The van der Waals surface area contributed by atoms with E-state index < -0.39 is 11.5 Å². The number of β-lactam (4-membered cyclic amide) rings is 1. The van der Waals surface area contributed by atoms with E-state index in [1.165, 1.54) is 0 Å². The molecule has 1 aliphatic carbocycles. The first kappa shape index (κ1) is 6.77. The Balaban J connectivity index is 2.00. The molecule has 12 heavy (non-hydrogen) atoms. The van der Waals surface area contributed by atoms with E-state index in [1.807, 2.05) is 0 Å². The fourth-order valence-corrected chi connectivity index (χ4v) is 3.97. The molecule has 1 amide bonds. The Morgan fingerprint density at radius 1 is 1.75 bits per heavy atom. The summed E-state index contributed by atoms with van der Waals surface area (Å²) in [7, 11) is 0. The van der Waals surface area contributed by atoms with E-state index >= 15 is 0 Å². The molecule has 1 unspecified atom stereocenters. The minimum Gasteiger partial charge on any atom is -0.479 e. The molecule has 2 aliphatic heterocycles. The Bertz CT molecular complexity index is 305. The van der Waals surface area contributed by atoms with E-state index in [-0.39, 0.29) is 16.5 Å². The predicted molar refractivity (Wildman–Crippen MR) is 41.6 cm³/mol. The highest BCUT2D eigenvalue weighted by Gasteiger charge is 2.75. The van der Waals surface area contributed by atoms with Gasteiger partial charge in [0.1, 0.15) is 0 Å². The fourth-order valence-electron chi connectivity index (χ4n) is 2.13. The lowest BCUT2D eigenvalue weighted by atomic mass is 10.1. The van der Waals surface area contributed by atoms with E-state index in [0.29, 0.717) is 12.8 Å². The lowest BCUT2D eigenvalue weighted by Crippen LogP contribution is -2.57. The number of hydrogen-bond donors (Lipinski definition) is 1. The van der Waals surface area contributed by atoms with Gasteiger partial charge in [0.2, 0.25) is 5.91 Å². The van der Waals surface area contributed by atoms with Gasteiger partial charge < -0.3 is 10.0 Å². The number of nitrogens with zero attached hydrogens (tertiary/aromatic N) is 1. The fraction of sp³-hybridized carbons (Fsp3) is 0.714. The third kappa shape index (κ3) is 0.485. The Hall–Kier alpha value is -0.710. The first-order valence-corrected chi connectivity index (χ1v) is 4.81. The van der Waals surface area contributed by atoms with Crippen molar-refractivity contribution in [3.8, 4) is 0 Å². The van der Waals surface area contributed by atoms with Gasteiger partial charge in [0.25, 0.3) is 0 Å². The average molecular weight is 185 g/mol. The molecule has 3 atom stereocenters. The molecule has 1 N–H and O–H groups in total. The lowest BCUT2D eigenvalue weighted by Gasteiger charge is -2.39. The summed E-state index contributed by atoms with van der Waals surface area (Å²) < 4.78 is 0. The SMILES string of the molecule is O=C1C[C@@H]2SC3C[C@]3(C(=O)O)N12. The number of carboxylic acids is 1. The van der Waals surface area contributed by atoms with Crippen LogP contribution in [0.25, 0.3) is 0 Å². The molecule has 4 nitrogen and oxygen atoms in total. The number of amides is 1. The molecule has 3 aliphatic rings. The molecule has 64 valence electrons. The van der Waals surface area contributed by atoms with Gasteiger partial charge in [-0.05, 0) is 6.42 Å². The summed E-state index contributed by atoms with van der Waals surface area (Å²) >= 11 is 1.64. The van der Waals surface area contributed by atoms with Crippen molar-refractivity contribution in [2.24, 2.45) is 0 Å². The smallest absolute Gasteiger partial charge is 0.330 e. The molecule has 2 heterocycles. The van der Waals surface area contributed by atoms with Crippen molar-refractivity contribution in [2.75, 3.05) is 0 Å². The van der Waals surface area contributed by atoms with E-state index in [2.05, 4.69) is 0 Å². The van der Waals surface area contributed by atoms with Gasteiger partial charge in [0.05, 0.1) is 11.8 Å². The normalized spacial score (nSPS) is 48.0. The molecule has 0 aromatic heterocycles. The Morgan fingerprint density at radius 2 is 2.50 bits per heavy atom. The van der Waals surface area contributed by atoms with Crippen molar-refractivity contribution in [2.45, 2.75) is 29.0 Å². The highest BCUT2D eigenvalue weighted by atomic mass is 32.2. The van der Waals surface area contributed by atoms with Crippen molar-refractivity contribution in [3.63, 3.8) is 0 Å². The lowest BCUT2D eigenvalue weighted by molar-refractivity contribution is -0.158. The summed E-state index contributed by atoms with van der Waals surface area (Å²) in [6, 6.07) is 0. The van der Waals surface area contributed by atoms with E-state index in [1.54, 1.807) is 16.7 Å². The number of fused-ring (bicyclic) bond motifs is 3. The van der Waals surface area contributed by atoms with Crippen LogP contribution in [0, 0.1) is 0 Å². The molecule has 5 heteroatoms. The van der Waals surface area contributed by atoms with Gasteiger partial charge in [-0.2, -0.15) is 0 Å². The molecular formula is C7H7NO3S. The first-order valence-electron chi connectivity index (χ1n) is 3.87. The molecule has 0 radical (unpaired) electrons. The highest BCUT2D eigenvalue weighted by molar-refractivity contribution is 8.01. The zero-order valence-corrected chi connectivity index (χ0v) is 7.00. The van der Waals surface area contributed by atoms with Gasteiger partial charge in [-0.1, -0.05) is 0 Å². The summed E-state index contributed by atoms with van der Waals surface area (Å²) in [6.07, 6.45) is 1.19.